The summed E-state index contributed by atoms with van der Waals surface area (Å²) in [5.74, 6) is -0.457. The van der Waals surface area contributed by atoms with Gasteiger partial charge in [0.05, 0.1) is 13.0 Å². The highest BCUT2D eigenvalue weighted by Gasteiger charge is 2.17. The van der Waals surface area contributed by atoms with Crippen molar-refractivity contribution in [2.24, 2.45) is 0 Å². The van der Waals surface area contributed by atoms with Gasteiger partial charge >= 0.3 is 11.7 Å². The molecule has 0 aliphatic heterocycles. The molecule has 2 aromatic heterocycles. The van der Waals surface area contributed by atoms with E-state index in [1.54, 1.807) is 6.92 Å². The maximum absolute atomic E-state index is 12.6. The second kappa shape index (κ2) is 7.45. The van der Waals surface area contributed by atoms with Crippen molar-refractivity contribution < 1.29 is 9.53 Å². The summed E-state index contributed by atoms with van der Waals surface area (Å²) in [5.41, 5.74) is -0.634. The van der Waals surface area contributed by atoms with Crippen LogP contribution in [0.25, 0.3) is 11.2 Å². The van der Waals surface area contributed by atoms with Gasteiger partial charge in [-0.25, -0.2) is 4.79 Å². The Bertz CT molecular complexity index is 821. The van der Waals surface area contributed by atoms with Gasteiger partial charge < -0.3 is 9.72 Å². The van der Waals surface area contributed by atoms with Gasteiger partial charge in [0.25, 0.3) is 5.56 Å². The summed E-state index contributed by atoms with van der Waals surface area (Å²) in [6.45, 7) is 4.32. The zero-order valence-corrected chi connectivity index (χ0v) is 13.9. The normalized spacial score (nSPS) is 11.1. The fourth-order valence-corrected chi connectivity index (χ4v) is 2.46. The van der Waals surface area contributed by atoms with Gasteiger partial charge in [-0.1, -0.05) is 13.3 Å². The van der Waals surface area contributed by atoms with Gasteiger partial charge in [-0.3, -0.25) is 18.7 Å². The van der Waals surface area contributed by atoms with Crippen molar-refractivity contribution in [2.75, 3.05) is 6.61 Å². The van der Waals surface area contributed by atoms with Crippen LogP contribution in [0.15, 0.2) is 9.59 Å². The molecule has 0 aromatic carbocycles. The van der Waals surface area contributed by atoms with Crippen LogP contribution >= 0.6 is 11.6 Å². The predicted octanol–water partition coefficient (Wildman–Crippen LogP) is 1.29. The molecule has 126 valence electrons. The van der Waals surface area contributed by atoms with Gasteiger partial charge in [-0.2, -0.15) is 4.98 Å². The number of aromatic nitrogens is 4. The molecule has 2 heterocycles. The van der Waals surface area contributed by atoms with E-state index in [1.165, 1.54) is 4.57 Å². The van der Waals surface area contributed by atoms with Gasteiger partial charge in [0.1, 0.15) is 0 Å². The molecule has 0 bridgehead atoms. The van der Waals surface area contributed by atoms with Gasteiger partial charge in [0, 0.05) is 13.1 Å². The Hall–Kier alpha value is -2.09. The van der Waals surface area contributed by atoms with Crippen molar-refractivity contribution in [2.45, 2.75) is 46.2 Å². The number of imidazole rings is 1. The van der Waals surface area contributed by atoms with E-state index in [0.29, 0.717) is 6.54 Å². The Balaban J connectivity index is 2.49. The standard InChI is InChI=1S/C14H19ClN4O4/c1-3-5-7-18-11-10(16-13(15)17-11)12(21)19(14(18)22)8-6-9(20)23-4-2/h3-8H2,1-2H3,(H,16,17). The molecule has 8 nitrogen and oxygen atoms in total. The monoisotopic (exact) mass is 342 g/mol. The van der Waals surface area contributed by atoms with E-state index < -0.39 is 17.2 Å². The molecule has 0 radical (unpaired) electrons. The highest BCUT2D eigenvalue weighted by atomic mass is 35.5. The number of rotatable bonds is 7. The van der Waals surface area contributed by atoms with Crippen molar-refractivity contribution in [1.29, 1.82) is 0 Å². The molecule has 0 amide bonds. The van der Waals surface area contributed by atoms with E-state index in [4.69, 9.17) is 16.3 Å². The quantitative estimate of drug-likeness (QED) is 0.604. The van der Waals surface area contributed by atoms with E-state index in [2.05, 4.69) is 9.97 Å². The Kier molecular flexibility index (Phi) is 5.59. The van der Waals surface area contributed by atoms with Crippen LogP contribution in [0.4, 0.5) is 0 Å². The zero-order valence-electron chi connectivity index (χ0n) is 13.1. The minimum atomic E-state index is -0.540. The summed E-state index contributed by atoms with van der Waals surface area (Å²) in [5, 5.41) is 0.0462. The van der Waals surface area contributed by atoms with E-state index >= 15 is 0 Å². The highest BCUT2D eigenvalue weighted by Crippen LogP contribution is 2.10. The molecule has 0 fully saturated rings. The number of nitrogens with zero attached hydrogens (tertiary/aromatic N) is 3. The fourth-order valence-electron chi connectivity index (χ4n) is 2.29. The number of H-pyrrole nitrogens is 1. The molecular weight excluding hydrogens is 324 g/mol. The molecular formula is C14H19ClN4O4. The molecule has 0 unspecified atom stereocenters. The summed E-state index contributed by atoms with van der Waals surface area (Å²) >= 11 is 5.83. The van der Waals surface area contributed by atoms with E-state index in [0.717, 1.165) is 17.4 Å². The van der Waals surface area contributed by atoms with Crippen LogP contribution in [-0.2, 0) is 22.6 Å². The van der Waals surface area contributed by atoms with Crippen molar-refractivity contribution >= 4 is 28.7 Å². The molecule has 9 heteroatoms. The van der Waals surface area contributed by atoms with Crippen LogP contribution in [0.3, 0.4) is 0 Å². The highest BCUT2D eigenvalue weighted by molar-refractivity contribution is 6.28. The number of ether oxygens (including phenoxy) is 1. The van der Waals surface area contributed by atoms with Crippen molar-refractivity contribution in [3.63, 3.8) is 0 Å². The Labute approximate surface area is 137 Å². The first-order valence-corrected chi connectivity index (χ1v) is 7.91. The van der Waals surface area contributed by atoms with E-state index in [1.807, 2.05) is 6.92 Å². The van der Waals surface area contributed by atoms with E-state index in [-0.39, 0.29) is 36.0 Å². The number of esters is 1. The first kappa shape index (κ1) is 17.3. The Morgan fingerprint density at radius 2 is 2.00 bits per heavy atom. The molecule has 0 saturated carbocycles. The zero-order chi connectivity index (χ0) is 17.0. The van der Waals surface area contributed by atoms with Crippen LogP contribution in [0.2, 0.25) is 5.28 Å². The Morgan fingerprint density at radius 3 is 2.65 bits per heavy atom. The third-order valence-corrected chi connectivity index (χ3v) is 3.59. The third kappa shape index (κ3) is 3.64. The van der Waals surface area contributed by atoms with Crippen molar-refractivity contribution in [3.05, 3.63) is 26.1 Å². The lowest BCUT2D eigenvalue weighted by molar-refractivity contribution is -0.143. The maximum Gasteiger partial charge on any atom is 0.332 e. The van der Waals surface area contributed by atoms with Crippen LogP contribution in [-0.4, -0.2) is 31.7 Å². The smallest absolute Gasteiger partial charge is 0.332 e. The van der Waals surface area contributed by atoms with Crippen LogP contribution in [0.5, 0.6) is 0 Å². The number of hydrogen-bond acceptors (Lipinski definition) is 5. The largest absolute Gasteiger partial charge is 0.466 e. The summed E-state index contributed by atoms with van der Waals surface area (Å²) in [6, 6.07) is 0. The average molecular weight is 343 g/mol. The molecule has 0 aliphatic carbocycles. The van der Waals surface area contributed by atoms with Gasteiger partial charge in [0.2, 0.25) is 5.28 Å². The number of hydrogen-bond donors (Lipinski definition) is 1. The second-order valence-electron chi connectivity index (χ2n) is 5.03. The minimum absolute atomic E-state index is 0.0462. The molecule has 1 N–H and O–H groups in total. The molecule has 0 aliphatic rings. The van der Waals surface area contributed by atoms with Crippen molar-refractivity contribution in [3.8, 4) is 0 Å². The van der Waals surface area contributed by atoms with Crippen LogP contribution < -0.4 is 11.2 Å². The molecule has 0 saturated heterocycles. The average Bonchev–Trinajstić information content (AvgIpc) is 2.89. The van der Waals surface area contributed by atoms with Crippen LogP contribution in [0.1, 0.15) is 33.1 Å². The van der Waals surface area contributed by atoms with Gasteiger partial charge in [0.15, 0.2) is 11.2 Å². The summed E-state index contributed by atoms with van der Waals surface area (Å²) in [4.78, 5) is 43.2. The lowest BCUT2D eigenvalue weighted by Gasteiger charge is -2.10. The van der Waals surface area contributed by atoms with Gasteiger partial charge in [-0.15, -0.1) is 0 Å². The number of carbonyl (C=O) groups excluding carboxylic acids is 1. The third-order valence-electron chi connectivity index (χ3n) is 3.41. The lowest BCUT2D eigenvalue weighted by Crippen LogP contribution is -2.40. The van der Waals surface area contributed by atoms with Crippen LogP contribution in [0, 0.1) is 0 Å². The fraction of sp³-hybridized carbons (Fsp3) is 0.571. The lowest BCUT2D eigenvalue weighted by atomic mass is 10.3. The number of aryl methyl sites for hydroxylation is 1. The van der Waals surface area contributed by atoms with Crippen molar-refractivity contribution in [1.82, 2.24) is 19.1 Å². The number of halogens is 1. The first-order chi connectivity index (χ1) is 11.0. The summed E-state index contributed by atoms with van der Waals surface area (Å²) in [6.07, 6.45) is 1.59. The topological polar surface area (TPSA) is 99.0 Å². The number of nitrogens with one attached hydrogen (secondary N) is 1. The molecule has 23 heavy (non-hydrogen) atoms. The molecule has 2 aromatic rings. The summed E-state index contributed by atoms with van der Waals surface area (Å²) in [7, 11) is 0. The Morgan fingerprint density at radius 1 is 1.26 bits per heavy atom. The predicted molar refractivity (Wildman–Crippen MR) is 85.8 cm³/mol. The first-order valence-electron chi connectivity index (χ1n) is 7.54. The van der Waals surface area contributed by atoms with Gasteiger partial charge in [-0.05, 0) is 24.9 Å². The molecule has 0 atom stereocenters. The SMILES string of the molecule is CCCCn1c(=O)n(CCC(=O)OCC)c(=O)c2[nH]c(Cl)nc21. The number of carbonyl (C=O) groups is 1. The number of fused-ring (bicyclic) bond motifs is 1. The molecule has 2 rings (SSSR count). The number of aromatic amines is 1. The number of unbranched alkanes of at least 4 members (excludes halogenated alkanes) is 1. The molecule has 0 spiro atoms. The summed E-state index contributed by atoms with van der Waals surface area (Å²) < 4.78 is 7.25. The second-order valence-corrected chi connectivity index (χ2v) is 5.38. The minimum Gasteiger partial charge on any atom is -0.466 e. The van der Waals surface area contributed by atoms with E-state index in [9.17, 15) is 14.4 Å². The maximum atomic E-state index is 12.6.